The van der Waals surface area contributed by atoms with Crippen molar-refractivity contribution in [1.82, 2.24) is 0 Å². The first kappa shape index (κ1) is 10.3. The quantitative estimate of drug-likeness (QED) is 0.584. The summed E-state index contributed by atoms with van der Waals surface area (Å²) in [6, 6.07) is 0. The van der Waals surface area contributed by atoms with E-state index in [2.05, 4.69) is 13.8 Å². The number of hydrogen-bond acceptors (Lipinski definition) is 2. The van der Waals surface area contributed by atoms with Crippen LogP contribution in [0.2, 0.25) is 0 Å². The van der Waals surface area contributed by atoms with Crippen molar-refractivity contribution < 1.29 is 9.47 Å². The summed E-state index contributed by atoms with van der Waals surface area (Å²) in [5.74, 6) is 1.30. The molecule has 0 aromatic rings. The molecule has 1 rings (SSSR count). The highest BCUT2D eigenvalue weighted by molar-refractivity contribution is 4.87. The van der Waals surface area contributed by atoms with E-state index < -0.39 is 0 Å². The highest BCUT2D eigenvalue weighted by Gasteiger charge is 2.19. The zero-order chi connectivity index (χ0) is 8.85. The van der Waals surface area contributed by atoms with E-state index in [1.165, 1.54) is 0 Å². The van der Waals surface area contributed by atoms with Crippen molar-refractivity contribution in [2.24, 2.45) is 5.92 Å². The lowest BCUT2D eigenvalue weighted by Gasteiger charge is -2.13. The molecular weight excluding hydrogens is 140 g/mol. The summed E-state index contributed by atoms with van der Waals surface area (Å²) in [5.41, 5.74) is 0. The van der Waals surface area contributed by atoms with Crippen molar-refractivity contribution in [1.29, 1.82) is 0 Å². The molecule has 0 aliphatic carbocycles. The van der Waals surface area contributed by atoms with Gasteiger partial charge in [-0.2, -0.15) is 0 Å². The zero-order valence-electron chi connectivity index (χ0n) is 8.05. The predicted octanol–water partition coefficient (Wildman–Crippen LogP) is 2.90. The van der Waals surface area contributed by atoms with Gasteiger partial charge in [-0.05, 0) is 6.92 Å². The minimum Gasteiger partial charge on any atom is -0.459 e. The molecule has 1 aliphatic heterocycles. The largest absolute Gasteiger partial charge is 0.459 e. The first-order valence-corrected chi connectivity index (χ1v) is 4.19. The van der Waals surface area contributed by atoms with Crippen molar-refractivity contribution >= 4 is 0 Å². The van der Waals surface area contributed by atoms with Crippen LogP contribution < -0.4 is 0 Å². The van der Waals surface area contributed by atoms with Crippen molar-refractivity contribution in [3.63, 3.8) is 0 Å². The lowest BCUT2D eigenvalue weighted by Crippen LogP contribution is -2.15. The molecule has 0 saturated heterocycles. The van der Waals surface area contributed by atoms with Gasteiger partial charge in [0.2, 0.25) is 6.29 Å². The molecular formula is C9H18O2. The third kappa shape index (κ3) is 3.30. The van der Waals surface area contributed by atoms with Gasteiger partial charge in [0.25, 0.3) is 0 Å². The molecule has 2 heteroatoms. The van der Waals surface area contributed by atoms with Crippen LogP contribution in [0, 0.1) is 5.92 Å². The van der Waals surface area contributed by atoms with Crippen LogP contribution in [0.15, 0.2) is 12.0 Å². The normalized spacial score (nSPS) is 21.3. The molecule has 11 heavy (non-hydrogen) atoms. The van der Waals surface area contributed by atoms with Gasteiger partial charge in [-0.15, -0.1) is 0 Å². The van der Waals surface area contributed by atoms with Crippen molar-refractivity contribution in [2.75, 3.05) is 0 Å². The Labute approximate surface area is 69.2 Å². The highest BCUT2D eigenvalue weighted by atomic mass is 16.7. The first-order chi connectivity index (χ1) is 5.20. The van der Waals surface area contributed by atoms with Gasteiger partial charge < -0.3 is 9.47 Å². The maximum atomic E-state index is 5.26. The van der Waals surface area contributed by atoms with Gasteiger partial charge in [0, 0.05) is 5.92 Å². The van der Waals surface area contributed by atoms with Crippen LogP contribution in [0.5, 0.6) is 0 Å². The maximum Gasteiger partial charge on any atom is 0.242 e. The Hall–Kier alpha value is -0.660. The van der Waals surface area contributed by atoms with E-state index in [-0.39, 0.29) is 6.29 Å². The number of ether oxygens (including phenoxy) is 2. The molecule has 0 aromatic heterocycles. The molecule has 0 fully saturated rings. The van der Waals surface area contributed by atoms with Crippen LogP contribution in [-0.2, 0) is 9.47 Å². The van der Waals surface area contributed by atoms with Gasteiger partial charge in [-0.1, -0.05) is 27.7 Å². The molecule has 1 atom stereocenters. The van der Waals surface area contributed by atoms with Crippen LogP contribution in [0.4, 0.5) is 0 Å². The van der Waals surface area contributed by atoms with Crippen LogP contribution in [0.1, 0.15) is 34.6 Å². The fourth-order valence-corrected chi connectivity index (χ4v) is 0.695. The molecule has 0 radical (unpaired) electrons. The Kier molecular flexibility index (Phi) is 4.75. The van der Waals surface area contributed by atoms with Crippen molar-refractivity contribution in [3.8, 4) is 0 Å². The van der Waals surface area contributed by atoms with Crippen LogP contribution in [0.25, 0.3) is 0 Å². The molecule has 2 nitrogen and oxygen atoms in total. The standard InChI is InChI=1S/C7H12O2.C2H6/c1-5(2)7-8-4-6(3)9-7;1-2/h4-5,7H,1-3H3;1-2H3. The van der Waals surface area contributed by atoms with Crippen molar-refractivity contribution in [2.45, 2.75) is 40.9 Å². The molecule has 1 aliphatic rings. The second-order valence-corrected chi connectivity index (χ2v) is 2.59. The minimum atomic E-state index is -0.0509. The molecule has 66 valence electrons. The number of rotatable bonds is 1. The van der Waals surface area contributed by atoms with Gasteiger partial charge in [0.05, 0.1) is 0 Å². The van der Waals surface area contributed by atoms with E-state index in [1.807, 2.05) is 20.8 Å². The lowest BCUT2D eigenvalue weighted by molar-refractivity contribution is -0.0634. The van der Waals surface area contributed by atoms with Gasteiger partial charge >= 0.3 is 0 Å². The molecule has 0 spiro atoms. The smallest absolute Gasteiger partial charge is 0.242 e. The first-order valence-electron chi connectivity index (χ1n) is 4.19. The Balaban J connectivity index is 0.000000461. The SMILES string of the molecule is CC.CC1=COC(C(C)C)O1. The Morgan fingerprint density at radius 3 is 2.09 bits per heavy atom. The molecule has 1 unspecified atom stereocenters. The third-order valence-electron chi connectivity index (χ3n) is 1.21. The molecule has 0 amide bonds. The van der Waals surface area contributed by atoms with Crippen LogP contribution >= 0.6 is 0 Å². The number of hydrogen-bond donors (Lipinski definition) is 0. The van der Waals surface area contributed by atoms with Gasteiger partial charge in [0.15, 0.2) is 0 Å². The summed E-state index contributed by atoms with van der Waals surface area (Å²) >= 11 is 0. The summed E-state index contributed by atoms with van der Waals surface area (Å²) in [5, 5.41) is 0. The summed E-state index contributed by atoms with van der Waals surface area (Å²) in [6.07, 6.45) is 1.61. The molecule has 0 bridgehead atoms. The second kappa shape index (κ2) is 5.05. The molecule has 0 saturated carbocycles. The van der Waals surface area contributed by atoms with Gasteiger partial charge in [-0.3, -0.25) is 0 Å². The second-order valence-electron chi connectivity index (χ2n) is 2.59. The van der Waals surface area contributed by atoms with E-state index in [4.69, 9.17) is 9.47 Å². The molecule has 0 N–H and O–H groups in total. The zero-order valence-corrected chi connectivity index (χ0v) is 8.05. The van der Waals surface area contributed by atoms with Crippen LogP contribution in [0.3, 0.4) is 0 Å². The Morgan fingerprint density at radius 2 is 1.91 bits per heavy atom. The monoisotopic (exact) mass is 158 g/mol. The van der Waals surface area contributed by atoms with Gasteiger partial charge in [-0.25, -0.2) is 0 Å². The van der Waals surface area contributed by atoms with E-state index in [1.54, 1.807) is 6.26 Å². The van der Waals surface area contributed by atoms with E-state index >= 15 is 0 Å². The summed E-state index contributed by atoms with van der Waals surface area (Å²) in [6.45, 7) is 10.0. The Morgan fingerprint density at radius 1 is 1.36 bits per heavy atom. The lowest BCUT2D eigenvalue weighted by atomic mass is 10.2. The fraction of sp³-hybridized carbons (Fsp3) is 0.778. The average molecular weight is 158 g/mol. The van der Waals surface area contributed by atoms with Crippen LogP contribution in [-0.4, -0.2) is 6.29 Å². The molecule has 0 aromatic carbocycles. The van der Waals surface area contributed by atoms with Crippen molar-refractivity contribution in [3.05, 3.63) is 12.0 Å². The predicted molar refractivity (Wildman–Crippen MR) is 45.9 cm³/mol. The third-order valence-corrected chi connectivity index (χ3v) is 1.21. The number of allylic oxidation sites excluding steroid dienone is 1. The minimum absolute atomic E-state index is 0.0509. The average Bonchev–Trinajstić information content (AvgIpc) is 2.40. The Bertz CT molecular complexity index is 128. The summed E-state index contributed by atoms with van der Waals surface area (Å²) in [4.78, 5) is 0. The molecule has 1 heterocycles. The van der Waals surface area contributed by atoms with Gasteiger partial charge in [0.1, 0.15) is 12.0 Å². The van der Waals surface area contributed by atoms with E-state index in [9.17, 15) is 0 Å². The topological polar surface area (TPSA) is 18.5 Å². The van der Waals surface area contributed by atoms with E-state index in [0.717, 1.165) is 5.76 Å². The van der Waals surface area contributed by atoms with E-state index in [0.29, 0.717) is 5.92 Å². The highest BCUT2D eigenvalue weighted by Crippen LogP contribution is 2.19. The fourth-order valence-electron chi connectivity index (χ4n) is 0.695. The maximum absolute atomic E-state index is 5.26. The summed E-state index contributed by atoms with van der Waals surface area (Å²) < 4.78 is 10.4. The summed E-state index contributed by atoms with van der Waals surface area (Å²) in [7, 11) is 0.